The Hall–Kier alpha value is -1.02. The van der Waals surface area contributed by atoms with E-state index in [9.17, 15) is 0 Å². The molecule has 0 saturated heterocycles. The first-order valence-corrected chi connectivity index (χ1v) is 6.24. The largest absolute Gasteiger partial charge is 0.492 e. The van der Waals surface area contributed by atoms with Crippen molar-refractivity contribution >= 4 is 0 Å². The van der Waals surface area contributed by atoms with E-state index < -0.39 is 0 Å². The first-order chi connectivity index (χ1) is 7.81. The molecule has 0 unspecified atom stereocenters. The molecule has 90 valence electrons. The number of rotatable bonds is 7. The molecule has 0 radical (unpaired) electrons. The van der Waals surface area contributed by atoms with Crippen molar-refractivity contribution < 1.29 is 4.74 Å². The van der Waals surface area contributed by atoms with Crippen molar-refractivity contribution in [2.75, 3.05) is 26.2 Å². The van der Waals surface area contributed by atoms with E-state index in [1.165, 1.54) is 5.56 Å². The zero-order valence-corrected chi connectivity index (χ0v) is 10.7. The van der Waals surface area contributed by atoms with Gasteiger partial charge in [0.05, 0.1) is 0 Å². The van der Waals surface area contributed by atoms with Gasteiger partial charge in [0.25, 0.3) is 0 Å². The number of para-hydroxylation sites is 1. The van der Waals surface area contributed by atoms with Gasteiger partial charge in [-0.2, -0.15) is 0 Å². The summed E-state index contributed by atoms with van der Waals surface area (Å²) < 4.78 is 5.82. The highest BCUT2D eigenvalue weighted by Gasteiger charge is 2.02. The summed E-state index contributed by atoms with van der Waals surface area (Å²) in [7, 11) is 0. The van der Waals surface area contributed by atoms with Gasteiger partial charge >= 0.3 is 0 Å². The predicted molar refractivity (Wildman–Crippen MR) is 69.1 cm³/mol. The molecule has 0 atom stereocenters. The van der Waals surface area contributed by atoms with Gasteiger partial charge in [-0.25, -0.2) is 0 Å². The Morgan fingerprint density at radius 3 is 2.38 bits per heavy atom. The van der Waals surface area contributed by atoms with Crippen LogP contribution in [0.4, 0.5) is 0 Å². The predicted octanol–water partition coefficient (Wildman–Crippen LogP) is 2.97. The second kappa shape index (κ2) is 7.29. The van der Waals surface area contributed by atoms with Crippen molar-refractivity contribution in [1.29, 1.82) is 0 Å². The maximum atomic E-state index is 5.82. The summed E-state index contributed by atoms with van der Waals surface area (Å²) in [4.78, 5) is 2.37. The Bertz CT molecular complexity index is 295. The van der Waals surface area contributed by atoms with E-state index in [4.69, 9.17) is 4.74 Å². The number of nitrogens with zero attached hydrogens (tertiary/aromatic N) is 1. The number of aryl methyl sites for hydroxylation is 1. The van der Waals surface area contributed by atoms with E-state index in [-0.39, 0.29) is 0 Å². The second-order valence-corrected chi connectivity index (χ2v) is 3.84. The monoisotopic (exact) mass is 221 g/mol. The van der Waals surface area contributed by atoms with E-state index >= 15 is 0 Å². The topological polar surface area (TPSA) is 12.5 Å². The molecule has 0 saturated carbocycles. The van der Waals surface area contributed by atoms with Crippen LogP contribution in [0.15, 0.2) is 24.3 Å². The minimum Gasteiger partial charge on any atom is -0.492 e. The number of benzene rings is 1. The number of hydrogen-bond donors (Lipinski definition) is 0. The molecular weight excluding hydrogens is 198 g/mol. The average molecular weight is 221 g/mol. The third kappa shape index (κ3) is 3.86. The van der Waals surface area contributed by atoms with E-state index in [2.05, 4.69) is 43.9 Å². The molecule has 1 aromatic carbocycles. The van der Waals surface area contributed by atoms with Gasteiger partial charge in [-0.15, -0.1) is 0 Å². The van der Waals surface area contributed by atoms with Crippen molar-refractivity contribution in [3.8, 4) is 5.75 Å². The summed E-state index contributed by atoms with van der Waals surface area (Å²) in [5.41, 5.74) is 1.29. The summed E-state index contributed by atoms with van der Waals surface area (Å²) in [6.07, 6.45) is 1.03. The first-order valence-electron chi connectivity index (χ1n) is 6.24. The molecule has 0 aliphatic heterocycles. The quantitative estimate of drug-likeness (QED) is 0.702. The summed E-state index contributed by atoms with van der Waals surface area (Å²) in [6, 6.07) is 8.29. The lowest BCUT2D eigenvalue weighted by molar-refractivity contribution is 0.221. The van der Waals surface area contributed by atoms with Crippen molar-refractivity contribution in [3.63, 3.8) is 0 Å². The van der Waals surface area contributed by atoms with Crippen LogP contribution in [0.5, 0.6) is 5.75 Å². The summed E-state index contributed by atoms with van der Waals surface area (Å²) in [5, 5.41) is 0. The molecule has 16 heavy (non-hydrogen) atoms. The van der Waals surface area contributed by atoms with Crippen LogP contribution in [0, 0.1) is 0 Å². The highest BCUT2D eigenvalue weighted by molar-refractivity contribution is 5.33. The molecule has 0 N–H and O–H groups in total. The maximum Gasteiger partial charge on any atom is 0.122 e. The van der Waals surface area contributed by atoms with Gasteiger partial charge in [0.1, 0.15) is 12.4 Å². The SMILES string of the molecule is CCc1ccccc1OCCN(CC)CC. The van der Waals surface area contributed by atoms with E-state index in [1.54, 1.807) is 0 Å². The molecule has 0 aliphatic rings. The molecule has 1 rings (SSSR count). The van der Waals surface area contributed by atoms with Crippen molar-refractivity contribution in [3.05, 3.63) is 29.8 Å². The Morgan fingerprint density at radius 1 is 1.06 bits per heavy atom. The molecule has 0 amide bonds. The molecular formula is C14H23NO. The van der Waals surface area contributed by atoms with Crippen LogP contribution in [0.3, 0.4) is 0 Å². The van der Waals surface area contributed by atoms with Gasteiger partial charge in [-0.3, -0.25) is 0 Å². The molecule has 0 bridgehead atoms. The number of likely N-dealkylation sites (N-methyl/N-ethyl adjacent to an activating group) is 1. The second-order valence-electron chi connectivity index (χ2n) is 3.84. The van der Waals surface area contributed by atoms with Crippen LogP contribution >= 0.6 is 0 Å². The molecule has 2 nitrogen and oxygen atoms in total. The normalized spacial score (nSPS) is 10.8. The van der Waals surface area contributed by atoms with Crippen LogP contribution in [0.2, 0.25) is 0 Å². The first kappa shape index (κ1) is 13.0. The Balaban J connectivity index is 2.42. The van der Waals surface area contributed by atoms with Gasteiger partial charge in [-0.05, 0) is 31.1 Å². The van der Waals surface area contributed by atoms with Crippen LogP contribution < -0.4 is 4.74 Å². The standard InChI is InChI=1S/C14H23NO/c1-4-13-9-7-8-10-14(13)16-12-11-15(5-2)6-3/h7-10H,4-6,11-12H2,1-3H3. The third-order valence-electron chi connectivity index (χ3n) is 2.91. The van der Waals surface area contributed by atoms with Crippen LogP contribution in [0.1, 0.15) is 26.3 Å². The molecule has 0 spiro atoms. The summed E-state index contributed by atoms with van der Waals surface area (Å²) in [5.74, 6) is 1.04. The zero-order valence-electron chi connectivity index (χ0n) is 10.7. The molecule has 1 aromatic rings. The lowest BCUT2D eigenvalue weighted by Gasteiger charge is -2.18. The molecule has 0 aromatic heterocycles. The Morgan fingerprint density at radius 2 is 1.75 bits per heavy atom. The van der Waals surface area contributed by atoms with Crippen LogP contribution in [-0.4, -0.2) is 31.1 Å². The minimum absolute atomic E-state index is 0.776. The van der Waals surface area contributed by atoms with E-state index in [1.807, 2.05) is 6.07 Å². The lowest BCUT2D eigenvalue weighted by atomic mass is 10.1. The minimum atomic E-state index is 0.776. The van der Waals surface area contributed by atoms with Gasteiger partial charge in [0, 0.05) is 6.54 Å². The highest BCUT2D eigenvalue weighted by atomic mass is 16.5. The maximum absolute atomic E-state index is 5.82. The number of ether oxygens (including phenoxy) is 1. The Kier molecular flexibility index (Phi) is 5.94. The summed E-state index contributed by atoms with van der Waals surface area (Å²) in [6.45, 7) is 10.5. The fourth-order valence-corrected chi connectivity index (χ4v) is 1.76. The fourth-order valence-electron chi connectivity index (χ4n) is 1.76. The van der Waals surface area contributed by atoms with Crippen molar-refractivity contribution in [1.82, 2.24) is 4.90 Å². The van der Waals surface area contributed by atoms with Gasteiger partial charge in [0.15, 0.2) is 0 Å². The van der Waals surface area contributed by atoms with E-state index in [0.717, 1.165) is 38.4 Å². The van der Waals surface area contributed by atoms with Crippen LogP contribution in [0.25, 0.3) is 0 Å². The Labute approximate surface area is 99.2 Å². The van der Waals surface area contributed by atoms with Crippen molar-refractivity contribution in [2.24, 2.45) is 0 Å². The molecule has 0 fully saturated rings. The smallest absolute Gasteiger partial charge is 0.122 e. The molecule has 0 aliphatic carbocycles. The molecule has 2 heteroatoms. The van der Waals surface area contributed by atoms with E-state index in [0.29, 0.717) is 0 Å². The number of hydrogen-bond acceptors (Lipinski definition) is 2. The third-order valence-corrected chi connectivity index (χ3v) is 2.91. The average Bonchev–Trinajstić information content (AvgIpc) is 2.35. The van der Waals surface area contributed by atoms with Gasteiger partial charge in [-0.1, -0.05) is 39.0 Å². The fraction of sp³-hybridized carbons (Fsp3) is 0.571. The summed E-state index contributed by atoms with van der Waals surface area (Å²) >= 11 is 0. The van der Waals surface area contributed by atoms with Crippen molar-refractivity contribution in [2.45, 2.75) is 27.2 Å². The van der Waals surface area contributed by atoms with Crippen LogP contribution in [-0.2, 0) is 6.42 Å². The van der Waals surface area contributed by atoms with Gasteiger partial charge < -0.3 is 9.64 Å². The highest BCUT2D eigenvalue weighted by Crippen LogP contribution is 2.17. The van der Waals surface area contributed by atoms with Gasteiger partial charge in [0.2, 0.25) is 0 Å². The lowest BCUT2D eigenvalue weighted by Crippen LogP contribution is -2.28. The zero-order chi connectivity index (χ0) is 11.8. The molecule has 0 heterocycles.